The van der Waals surface area contributed by atoms with Crippen LogP contribution in [0.25, 0.3) is 0 Å². The summed E-state index contributed by atoms with van der Waals surface area (Å²) in [4.78, 5) is 4.11. The molecule has 0 amide bonds. The number of imidazole rings is 1. The van der Waals surface area contributed by atoms with Crippen LogP contribution < -0.4 is 5.32 Å². The van der Waals surface area contributed by atoms with Gasteiger partial charge in [-0.1, -0.05) is 20.8 Å². The summed E-state index contributed by atoms with van der Waals surface area (Å²) in [6, 6.07) is 2.03. The molecule has 1 atom stereocenters. The molecule has 1 aromatic heterocycles. The second-order valence-corrected chi connectivity index (χ2v) is 4.38. The number of nitrogens with one attached hydrogen (secondary N) is 1. The largest absolute Gasteiger partial charge is 0.332 e. The van der Waals surface area contributed by atoms with Gasteiger partial charge in [-0.05, 0) is 18.9 Å². The van der Waals surface area contributed by atoms with Crippen molar-refractivity contribution in [2.45, 2.75) is 39.8 Å². The van der Waals surface area contributed by atoms with Crippen molar-refractivity contribution in [1.82, 2.24) is 14.9 Å². The summed E-state index contributed by atoms with van der Waals surface area (Å²) in [5.74, 6) is 0.540. The highest BCUT2D eigenvalue weighted by molar-refractivity contribution is 5.13. The lowest BCUT2D eigenvalue weighted by Gasteiger charge is -2.15. The number of aryl methyl sites for hydroxylation is 1. The Hall–Kier alpha value is -1.34. The Morgan fingerprint density at radius 1 is 1.56 bits per heavy atom. The molecule has 0 saturated carbocycles. The minimum atomic E-state index is -0.253. The third-order valence-corrected chi connectivity index (χ3v) is 2.36. The zero-order valence-electron chi connectivity index (χ0n) is 10.3. The fourth-order valence-corrected chi connectivity index (χ4v) is 1.57. The molecule has 1 N–H and O–H groups in total. The predicted molar refractivity (Wildman–Crippen MR) is 63.7 cm³/mol. The molecule has 1 unspecified atom stereocenters. The van der Waals surface area contributed by atoms with Crippen LogP contribution >= 0.6 is 0 Å². The van der Waals surface area contributed by atoms with E-state index in [1.807, 2.05) is 4.57 Å². The highest BCUT2D eigenvalue weighted by Crippen LogP contribution is 2.12. The first-order chi connectivity index (χ1) is 7.69. The molecule has 1 heterocycles. The van der Waals surface area contributed by atoms with E-state index in [1.165, 1.54) is 0 Å². The van der Waals surface area contributed by atoms with Crippen molar-refractivity contribution in [2.24, 2.45) is 5.92 Å². The molecule has 0 radical (unpaired) electrons. The number of hydrogen-bond donors (Lipinski definition) is 1. The molecule has 0 fully saturated rings. The van der Waals surface area contributed by atoms with Crippen LogP contribution in [0, 0.1) is 17.2 Å². The van der Waals surface area contributed by atoms with Crippen molar-refractivity contribution < 1.29 is 0 Å². The predicted octanol–water partition coefficient (Wildman–Crippen LogP) is 2.10. The van der Waals surface area contributed by atoms with Crippen molar-refractivity contribution in [3.8, 4) is 6.07 Å². The van der Waals surface area contributed by atoms with Crippen molar-refractivity contribution in [3.63, 3.8) is 0 Å². The van der Waals surface area contributed by atoms with Gasteiger partial charge in [0.05, 0.1) is 24.3 Å². The number of aromatic nitrogens is 2. The number of nitriles is 1. The van der Waals surface area contributed by atoms with Crippen LogP contribution in [0.1, 0.15) is 38.9 Å². The maximum atomic E-state index is 9.15. The van der Waals surface area contributed by atoms with E-state index in [1.54, 1.807) is 12.5 Å². The van der Waals surface area contributed by atoms with Gasteiger partial charge in [0.2, 0.25) is 0 Å². The van der Waals surface area contributed by atoms with Crippen molar-refractivity contribution in [1.29, 1.82) is 5.26 Å². The molecule has 0 aliphatic rings. The summed E-state index contributed by atoms with van der Waals surface area (Å²) < 4.78 is 2.04. The molecule has 0 aliphatic heterocycles. The second kappa shape index (κ2) is 6.29. The van der Waals surface area contributed by atoms with E-state index in [2.05, 4.69) is 37.1 Å². The summed E-state index contributed by atoms with van der Waals surface area (Å²) in [6.45, 7) is 8.13. The smallest absolute Gasteiger partial charge is 0.138 e. The van der Waals surface area contributed by atoms with Gasteiger partial charge in [-0.25, -0.2) is 4.98 Å². The van der Waals surface area contributed by atoms with Crippen LogP contribution in [0.5, 0.6) is 0 Å². The molecule has 1 aromatic rings. The molecule has 0 saturated heterocycles. The lowest BCUT2D eigenvalue weighted by Crippen LogP contribution is -2.26. The first kappa shape index (κ1) is 12.7. The van der Waals surface area contributed by atoms with Crippen molar-refractivity contribution in [3.05, 3.63) is 18.2 Å². The third kappa shape index (κ3) is 3.35. The zero-order valence-corrected chi connectivity index (χ0v) is 10.3. The summed E-state index contributed by atoms with van der Waals surface area (Å²) >= 11 is 0. The number of hydrogen-bond acceptors (Lipinski definition) is 3. The monoisotopic (exact) mass is 220 g/mol. The minimum Gasteiger partial charge on any atom is -0.332 e. The van der Waals surface area contributed by atoms with Gasteiger partial charge in [-0.2, -0.15) is 5.26 Å². The van der Waals surface area contributed by atoms with Crippen molar-refractivity contribution >= 4 is 0 Å². The lowest BCUT2D eigenvalue weighted by atomic mass is 10.2. The van der Waals surface area contributed by atoms with Gasteiger partial charge >= 0.3 is 0 Å². The Balaban J connectivity index is 2.71. The highest BCUT2D eigenvalue weighted by atomic mass is 15.1. The van der Waals surface area contributed by atoms with Gasteiger partial charge in [0.1, 0.15) is 6.04 Å². The maximum absolute atomic E-state index is 9.15. The maximum Gasteiger partial charge on any atom is 0.138 e. The number of rotatable bonds is 6. The van der Waals surface area contributed by atoms with E-state index >= 15 is 0 Å². The second-order valence-electron chi connectivity index (χ2n) is 4.38. The Kier molecular flexibility index (Phi) is 5.00. The van der Waals surface area contributed by atoms with E-state index in [0.29, 0.717) is 5.92 Å². The van der Waals surface area contributed by atoms with Gasteiger partial charge in [0.15, 0.2) is 0 Å². The van der Waals surface area contributed by atoms with Crippen LogP contribution in [-0.2, 0) is 6.54 Å². The first-order valence-electron chi connectivity index (χ1n) is 5.82. The topological polar surface area (TPSA) is 53.6 Å². The average molecular weight is 220 g/mol. The third-order valence-electron chi connectivity index (χ3n) is 2.36. The molecular formula is C12H20N4. The summed E-state index contributed by atoms with van der Waals surface area (Å²) in [5.41, 5.74) is 0.963. The van der Waals surface area contributed by atoms with Gasteiger partial charge < -0.3 is 4.57 Å². The average Bonchev–Trinajstić information content (AvgIpc) is 2.68. The molecule has 0 bridgehead atoms. The quantitative estimate of drug-likeness (QED) is 0.798. The van der Waals surface area contributed by atoms with E-state index in [9.17, 15) is 0 Å². The molecular weight excluding hydrogens is 200 g/mol. The van der Waals surface area contributed by atoms with E-state index in [4.69, 9.17) is 5.26 Å². The standard InChI is InChI=1S/C12H20N4/c1-4-5-16-9-14-8-12(16)11(6-13)15-7-10(2)3/h8-11,15H,4-5,7H2,1-3H3. The Morgan fingerprint density at radius 2 is 2.31 bits per heavy atom. The molecule has 0 aliphatic carbocycles. The Bertz CT molecular complexity index is 348. The van der Waals surface area contributed by atoms with Crippen LogP contribution in [0.15, 0.2) is 12.5 Å². The first-order valence-corrected chi connectivity index (χ1v) is 5.82. The van der Waals surface area contributed by atoms with Crippen LogP contribution in [0.2, 0.25) is 0 Å². The van der Waals surface area contributed by atoms with Gasteiger partial charge in [0.25, 0.3) is 0 Å². The lowest BCUT2D eigenvalue weighted by molar-refractivity contribution is 0.502. The number of nitrogens with zero attached hydrogens (tertiary/aromatic N) is 3. The highest BCUT2D eigenvalue weighted by Gasteiger charge is 2.14. The normalized spacial score (nSPS) is 12.7. The SMILES string of the molecule is CCCn1cncc1C(C#N)NCC(C)C. The van der Waals surface area contributed by atoms with Crippen LogP contribution in [0.4, 0.5) is 0 Å². The van der Waals surface area contributed by atoms with Crippen LogP contribution in [-0.4, -0.2) is 16.1 Å². The molecule has 88 valence electrons. The van der Waals surface area contributed by atoms with E-state index in [0.717, 1.165) is 25.2 Å². The fourth-order valence-electron chi connectivity index (χ4n) is 1.57. The summed E-state index contributed by atoms with van der Waals surface area (Å²) in [7, 11) is 0. The molecule has 4 nitrogen and oxygen atoms in total. The molecule has 1 rings (SSSR count). The minimum absolute atomic E-state index is 0.253. The zero-order chi connectivity index (χ0) is 12.0. The van der Waals surface area contributed by atoms with E-state index in [-0.39, 0.29) is 6.04 Å². The molecule has 4 heteroatoms. The molecule has 0 aromatic carbocycles. The van der Waals surface area contributed by atoms with Gasteiger partial charge in [-0.3, -0.25) is 5.32 Å². The summed E-state index contributed by atoms with van der Waals surface area (Å²) in [5, 5.41) is 12.4. The fraction of sp³-hybridized carbons (Fsp3) is 0.667. The van der Waals surface area contributed by atoms with Crippen molar-refractivity contribution in [2.75, 3.05) is 6.54 Å². The Labute approximate surface area is 97.3 Å². The van der Waals surface area contributed by atoms with Gasteiger partial charge in [-0.15, -0.1) is 0 Å². The molecule has 0 spiro atoms. The van der Waals surface area contributed by atoms with E-state index < -0.39 is 0 Å². The summed E-state index contributed by atoms with van der Waals surface area (Å²) in [6.07, 6.45) is 4.61. The van der Waals surface area contributed by atoms with Crippen LogP contribution in [0.3, 0.4) is 0 Å². The molecule has 16 heavy (non-hydrogen) atoms. The van der Waals surface area contributed by atoms with Gasteiger partial charge in [0, 0.05) is 6.54 Å². The Morgan fingerprint density at radius 3 is 2.88 bits per heavy atom.